The maximum Gasteiger partial charge on any atom is 0.409 e. The first-order valence-electron chi connectivity index (χ1n) is 25.5. The van der Waals surface area contributed by atoms with Crippen molar-refractivity contribution in [3.63, 3.8) is 0 Å². The molecular weight excluding hydrogens is 1100 g/mol. The number of carbonyl (C=O) groups excluding carboxylic acids is 7. The van der Waals surface area contributed by atoms with Gasteiger partial charge in [0, 0.05) is 70.2 Å². The molecule has 434 valence electrons. The van der Waals surface area contributed by atoms with E-state index in [2.05, 4.69) is 15.8 Å². The number of aliphatic hydroxyl groups is 1. The van der Waals surface area contributed by atoms with E-state index in [0.717, 1.165) is 33.3 Å². The molecule has 5 rings (SSSR count). The van der Waals surface area contributed by atoms with Crippen LogP contribution < -0.4 is 20.3 Å². The fourth-order valence-electron chi connectivity index (χ4n) is 9.10. The van der Waals surface area contributed by atoms with Gasteiger partial charge in [-0.2, -0.15) is 23.5 Å². The van der Waals surface area contributed by atoms with Crippen molar-refractivity contribution in [3.8, 4) is 5.75 Å². The summed E-state index contributed by atoms with van der Waals surface area (Å²) in [6.45, 7) is 7.72. The van der Waals surface area contributed by atoms with E-state index >= 15 is 0 Å². The number of allylic oxidation sites excluding steroid dienone is 3. The van der Waals surface area contributed by atoms with Gasteiger partial charge >= 0.3 is 12.1 Å². The van der Waals surface area contributed by atoms with Gasteiger partial charge in [0.2, 0.25) is 23.6 Å². The summed E-state index contributed by atoms with van der Waals surface area (Å²) in [7, 11) is 5.86. The Labute approximate surface area is 474 Å². The van der Waals surface area contributed by atoms with Gasteiger partial charge < -0.3 is 58.2 Å². The molecule has 9 atom stereocenters. The summed E-state index contributed by atoms with van der Waals surface area (Å²) >= 11 is 11.2. The van der Waals surface area contributed by atoms with Gasteiger partial charge in [0.15, 0.2) is 12.3 Å². The van der Waals surface area contributed by atoms with Crippen molar-refractivity contribution < 1.29 is 76.7 Å². The van der Waals surface area contributed by atoms with E-state index in [1.54, 1.807) is 68.7 Å². The Kier molecular flexibility index (Phi) is 24.9. The van der Waals surface area contributed by atoms with E-state index in [1.165, 1.54) is 49.8 Å². The highest BCUT2D eigenvalue weighted by Gasteiger charge is 2.64. The van der Waals surface area contributed by atoms with Crippen LogP contribution in [-0.2, 0) is 68.4 Å². The molecule has 4 aliphatic rings. The maximum absolute atomic E-state index is 14.4. The highest BCUT2D eigenvalue weighted by molar-refractivity contribution is 8.01. The minimum Gasteiger partial charge on any atom is -0.495 e. The molecule has 0 aromatic heterocycles. The van der Waals surface area contributed by atoms with Gasteiger partial charge in [-0.15, -0.1) is 11.8 Å². The summed E-state index contributed by atoms with van der Waals surface area (Å²) in [5.41, 5.74) is -0.333. The second kappa shape index (κ2) is 30.3. The Morgan fingerprint density at radius 2 is 1.76 bits per heavy atom. The lowest BCUT2D eigenvalue weighted by molar-refractivity contribution is -0.162. The number of thioether (sulfide) groups is 3. The van der Waals surface area contributed by atoms with Crippen LogP contribution in [0.3, 0.4) is 0 Å². The van der Waals surface area contributed by atoms with E-state index in [4.69, 9.17) is 49.6 Å². The molecule has 1 aromatic carbocycles. The SMILES string of the molecule is COc1cc2cc(c1Cl)N(C)C(=O)C[C@H](OC(=O)[C@H](C)N(C)C(=O)CCSC1CC(=O)N(CCOCCOCCNC(=O)CON=C(CSC)CSC)C1=O)[C@]1(C)O[C@H]1C(C)[C@@H]1C[C@@](O)(NC(=O)O1)[C@H](OC)/C=C/C=C(\C)C2. The van der Waals surface area contributed by atoms with Crippen LogP contribution in [0.25, 0.3) is 0 Å². The van der Waals surface area contributed by atoms with Crippen LogP contribution in [0.15, 0.2) is 41.1 Å². The molecule has 0 saturated carbocycles. The number of ether oxygens (including phenoxy) is 7. The van der Waals surface area contributed by atoms with Crippen molar-refractivity contribution in [1.29, 1.82) is 0 Å². The number of benzene rings is 1. The molecule has 3 saturated heterocycles. The van der Waals surface area contributed by atoms with Gasteiger partial charge in [-0.1, -0.05) is 47.5 Å². The average molecular weight is 1170 g/mol. The smallest absolute Gasteiger partial charge is 0.409 e. The molecule has 2 unspecified atom stereocenters. The third kappa shape index (κ3) is 17.5. The minimum atomic E-state index is -1.88. The lowest BCUT2D eigenvalue weighted by atomic mass is 9.83. The van der Waals surface area contributed by atoms with E-state index in [9.17, 15) is 38.7 Å². The zero-order chi connectivity index (χ0) is 57.3. The number of imide groups is 1. The largest absolute Gasteiger partial charge is 0.495 e. The highest BCUT2D eigenvalue weighted by atomic mass is 35.5. The molecule has 78 heavy (non-hydrogen) atoms. The monoisotopic (exact) mass is 1170 g/mol. The molecule has 3 fully saturated rings. The number of oxime groups is 1. The van der Waals surface area contributed by atoms with Gasteiger partial charge in [0.1, 0.15) is 40.7 Å². The quantitative estimate of drug-likeness (QED) is 0.0312. The summed E-state index contributed by atoms with van der Waals surface area (Å²) in [6.07, 6.45) is 4.17. The van der Waals surface area contributed by atoms with Crippen molar-refractivity contribution in [1.82, 2.24) is 20.4 Å². The number of nitrogens with one attached hydrogen (secondary N) is 2. The van der Waals surface area contributed by atoms with E-state index in [-0.39, 0.29) is 93.9 Å². The number of esters is 1. The van der Waals surface area contributed by atoms with Crippen LogP contribution in [-0.4, -0.2) is 213 Å². The molecule has 0 spiro atoms. The number of alkyl carbamates (subject to hydrolysis) is 1. The second-order valence-corrected chi connectivity index (χ2v) is 22.9. The zero-order valence-electron chi connectivity index (χ0n) is 46.0. The number of carbonyl (C=O) groups is 7. The number of fused-ring (bicyclic) bond motifs is 5. The number of amides is 6. The number of anilines is 1. The van der Waals surface area contributed by atoms with E-state index in [1.807, 2.05) is 25.5 Å². The number of rotatable bonds is 25. The standard InChI is InChI=1S/C52H75ClN6O16S3/c1-31-12-11-13-40(69-8)52(67)27-38(73-50(66)55-52)32(2)47-51(4,75-47)41(26-44(62)58(6)36-23-34(22-31)24-37(68-7)46(36)53)74-49(65)33(3)57(5)43(61)14-21-78-39-25-45(63)59(48(39)64)16-18-71-20-19-70-17-15-54-42(60)28-72-56-35(29-76-9)30-77-10/h11-13,23-24,32-33,38-41,47,67H,14-22,25-30H2,1-10H3,(H,54,60)(H,55,66)/b13-11+,31-12+/t32?,33-,38-,39?,40+,41-,47-,51-,52-/m0/s1. The van der Waals surface area contributed by atoms with Crippen LogP contribution >= 0.6 is 46.9 Å². The van der Waals surface area contributed by atoms with Gasteiger partial charge in [-0.25, -0.2) is 9.59 Å². The number of halogens is 1. The number of likely N-dealkylation sites (N-methyl/N-ethyl adjacent to an activating group) is 1. The summed E-state index contributed by atoms with van der Waals surface area (Å²) in [5, 5.41) is 20.6. The first-order chi connectivity index (χ1) is 37.1. The third-order valence-corrected chi connectivity index (χ3v) is 16.6. The van der Waals surface area contributed by atoms with Gasteiger partial charge in [0.25, 0.3) is 5.91 Å². The van der Waals surface area contributed by atoms with Crippen LogP contribution in [0.4, 0.5) is 10.5 Å². The summed E-state index contributed by atoms with van der Waals surface area (Å²) in [4.78, 5) is 102. The van der Waals surface area contributed by atoms with Gasteiger partial charge in [0.05, 0.1) is 69.3 Å². The Morgan fingerprint density at radius 1 is 1.05 bits per heavy atom. The molecule has 4 bridgehead atoms. The Hall–Kier alpha value is -4.60. The van der Waals surface area contributed by atoms with Crippen LogP contribution in [0.2, 0.25) is 5.02 Å². The van der Waals surface area contributed by atoms with Gasteiger partial charge in [-0.3, -0.25) is 34.2 Å². The zero-order valence-corrected chi connectivity index (χ0v) is 49.2. The number of likely N-dealkylation sites (tertiary alicyclic amines) is 1. The fraction of sp³-hybridized carbons (Fsp3) is 0.654. The van der Waals surface area contributed by atoms with Gasteiger partial charge in [-0.05, 0) is 57.4 Å². The van der Waals surface area contributed by atoms with Crippen LogP contribution in [0.5, 0.6) is 5.75 Å². The molecule has 4 heterocycles. The number of hydrogen-bond donors (Lipinski definition) is 3. The van der Waals surface area contributed by atoms with Crippen molar-refractivity contribution in [2.75, 3.05) is 109 Å². The molecule has 0 aliphatic carbocycles. The van der Waals surface area contributed by atoms with E-state index in [0.29, 0.717) is 17.9 Å². The predicted molar refractivity (Wildman–Crippen MR) is 298 cm³/mol. The molecule has 0 radical (unpaired) electrons. The molecule has 26 heteroatoms. The highest BCUT2D eigenvalue weighted by Crippen LogP contribution is 2.49. The Bertz CT molecular complexity index is 2390. The maximum atomic E-state index is 14.4. The average Bonchev–Trinajstić information content (AvgIpc) is 4.09. The Morgan fingerprint density at radius 3 is 2.44 bits per heavy atom. The number of epoxide rings is 1. The molecule has 22 nitrogen and oxygen atoms in total. The number of nitrogens with zero attached hydrogens (tertiary/aromatic N) is 4. The molecular formula is C52H75ClN6O16S3. The van der Waals surface area contributed by atoms with Crippen molar-refractivity contribution >= 4 is 99.9 Å². The normalized spacial score (nSPS) is 26.8. The minimum absolute atomic E-state index is 0.0385. The Balaban J connectivity index is 1.14. The number of hydrogen-bond acceptors (Lipinski definition) is 20. The second-order valence-electron chi connectivity index (χ2n) is 19.5. The van der Waals surface area contributed by atoms with Crippen molar-refractivity contribution in [2.24, 2.45) is 11.1 Å². The molecule has 6 amide bonds. The lowest BCUT2D eigenvalue weighted by Crippen LogP contribution is -2.63. The van der Waals surface area contributed by atoms with Crippen LogP contribution in [0, 0.1) is 5.92 Å². The molecule has 1 aromatic rings. The van der Waals surface area contributed by atoms with Crippen molar-refractivity contribution in [2.45, 2.75) is 107 Å². The lowest BCUT2D eigenvalue weighted by Gasteiger charge is -2.42. The summed E-state index contributed by atoms with van der Waals surface area (Å²) < 4.78 is 40.5. The predicted octanol–water partition coefficient (Wildman–Crippen LogP) is 4.01. The van der Waals surface area contributed by atoms with Crippen molar-refractivity contribution in [3.05, 3.63) is 46.5 Å². The van der Waals surface area contributed by atoms with E-state index < -0.39 is 83.2 Å². The topological polar surface area (TPSA) is 263 Å². The number of methoxy groups -OCH3 is 2. The molecule has 4 aliphatic heterocycles. The van der Waals surface area contributed by atoms with Crippen LogP contribution in [0.1, 0.15) is 58.9 Å². The first-order valence-corrected chi connectivity index (χ1v) is 29.7. The summed E-state index contributed by atoms with van der Waals surface area (Å²) in [5.74, 6) is -1.47. The summed E-state index contributed by atoms with van der Waals surface area (Å²) in [6, 6.07) is 2.38. The first kappa shape index (κ1) is 64.2. The molecule has 3 N–H and O–H groups in total. The fourth-order valence-corrected chi connectivity index (χ4v) is 11.6. The third-order valence-electron chi connectivity index (χ3n) is 13.8.